The summed E-state index contributed by atoms with van der Waals surface area (Å²) in [6.45, 7) is 2.56. The molecule has 0 fully saturated rings. The standard InChI is InChI=1S/C13H14ClN3O3S/c1-2-6-20-11-5-3-4-10(7-11)17-21(18,19)12-8-15-13(14)16-9-12/h3-5,7-9,17H,2,6H2,1H3. The lowest BCUT2D eigenvalue weighted by Crippen LogP contribution is -2.13. The molecule has 112 valence electrons. The Labute approximate surface area is 128 Å². The number of anilines is 1. The predicted molar refractivity (Wildman–Crippen MR) is 80.1 cm³/mol. The van der Waals surface area contributed by atoms with Gasteiger partial charge in [0.1, 0.15) is 10.6 Å². The highest BCUT2D eigenvalue weighted by Crippen LogP contribution is 2.20. The number of hydrogen-bond acceptors (Lipinski definition) is 5. The van der Waals surface area contributed by atoms with Crippen molar-refractivity contribution in [2.24, 2.45) is 0 Å². The van der Waals surface area contributed by atoms with E-state index in [9.17, 15) is 8.42 Å². The molecule has 0 aliphatic carbocycles. The fraction of sp³-hybridized carbons (Fsp3) is 0.231. The Balaban J connectivity index is 2.18. The highest BCUT2D eigenvalue weighted by atomic mass is 35.5. The minimum absolute atomic E-state index is 0.0103. The zero-order valence-electron chi connectivity index (χ0n) is 11.3. The molecule has 1 aromatic carbocycles. The van der Waals surface area contributed by atoms with E-state index in [1.54, 1.807) is 24.3 Å². The average Bonchev–Trinajstić information content (AvgIpc) is 2.45. The summed E-state index contributed by atoms with van der Waals surface area (Å²) in [5, 5.41) is -0.0103. The van der Waals surface area contributed by atoms with Crippen LogP contribution in [0.4, 0.5) is 5.69 Å². The molecule has 1 heterocycles. The second-order valence-corrected chi connectivity index (χ2v) is 6.19. The first-order valence-corrected chi connectivity index (χ1v) is 8.10. The van der Waals surface area contributed by atoms with Crippen LogP contribution in [0.25, 0.3) is 0 Å². The van der Waals surface area contributed by atoms with Gasteiger partial charge in [0.15, 0.2) is 0 Å². The number of ether oxygens (including phenoxy) is 1. The van der Waals surface area contributed by atoms with E-state index in [1.165, 1.54) is 0 Å². The van der Waals surface area contributed by atoms with Crippen molar-refractivity contribution in [3.8, 4) is 5.75 Å². The molecule has 2 rings (SSSR count). The lowest BCUT2D eigenvalue weighted by molar-refractivity contribution is 0.317. The Morgan fingerprint density at radius 2 is 2.00 bits per heavy atom. The lowest BCUT2D eigenvalue weighted by Gasteiger charge is -2.09. The summed E-state index contributed by atoms with van der Waals surface area (Å²) in [6.07, 6.45) is 3.17. The molecule has 0 saturated heterocycles. The van der Waals surface area contributed by atoms with E-state index in [2.05, 4.69) is 14.7 Å². The SMILES string of the molecule is CCCOc1cccc(NS(=O)(=O)c2cnc(Cl)nc2)c1. The molecule has 21 heavy (non-hydrogen) atoms. The highest BCUT2D eigenvalue weighted by Gasteiger charge is 2.15. The Bertz CT molecular complexity index is 705. The van der Waals surface area contributed by atoms with Crippen LogP contribution < -0.4 is 9.46 Å². The van der Waals surface area contributed by atoms with Gasteiger partial charge in [-0.3, -0.25) is 4.72 Å². The number of nitrogens with zero attached hydrogens (tertiary/aromatic N) is 2. The quantitative estimate of drug-likeness (QED) is 0.825. The van der Waals surface area contributed by atoms with Crippen LogP contribution in [0.1, 0.15) is 13.3 Å². The van der Waals surface area contributed by atoms with Gasteiger partial charge in [-0.2, -0.15) is 0 Å². The fourth-order valence-corrected chi connectivity index (χ4v) is 2.56. The minimum atomic E-state index is -3.76. The first-order chi connectivity index (χ1) is 10.0. The largest absolute Gasteiger partial charge is 0.494 e. The maximum atomic E-state index is 12.2. The van der Waals surface area contributed by atoms with E-state index in [0.29, 0.717) is 18.0 Å². The zero-order valence-corrected chi connectivity index (χ0v) is 12.9. The first kappa shape index (κ1) is 15.5. The van der Waals surface area contributed by atoms with Crippen LogP contribution in [0.15, 0.2) is 41.6 Å². The third kappa shape index (κ3) is 4.30. The van der Waals surface area contributed by atoms with Crippen molar-refractivity contribution in [3.05, 3.63) is 41.9 Å². The van der Waals surface area contributed by atoms with Gasteiger partial charge >= 0.3 is 0 Å². The van der Waals surface area contributed by atoms with Crippen molar-refractivity contribution < 1.29 is 13.2 Å². The molecular weight excluding hydrogens is 314 g/mol. The Hall–Kier alpha value is -1.86. The van der Waals surface area contributed by atoms with Crippen molar-refractivity contribution in [2.75, 3.05) is 11.3 Å². The molecule has 0 bridgehead atoms. The zero-order chi connectivity index (χ0) is 15.3. The Kier molecular flexibility index (Phi) is 4.98. The number of aromatic nitrogens is 2. The average molecular weight is 328 g/mol. The summed E-state index contributed by atoms with van der Waals surface area (Å²) >= 11 is 5.54. The second kappa shape index (κ2) is 6.73. The minimum Gasteiger partial charge on any atom is -0.494 e. The molecule has 1 N–H and O–H groups in total. The smallest absolute Gasteiger partial charge is 0.264 e. The molecule has 0 atom stereocenters. The van der Waals surface area contributed by atoms with Crippen molar-refractivity contribution in [1.29, 1.82) is 0 Å². The van der Waals surface area contributed by atoms with Gasteiger partial charge in [-0.25, -0.2) is 18.4 Å². The number of nitrogens with one attached hydrogen (secondary N) is 1. The molecule has 0 amide bonds. The monoisotopic (exact) mass is 327 g/mol. The molecule has 0 saturated carbocycles. The molecule has 8 heteroatoms. The number of sulfonamides is 1. The van der Waals surface area contributed by atoms with Crippen LogP contribution in [0, 0.1) is 0 Å². The van der Waals surface area contributed by atoms with Gasteiger partial charge in [-0.15, -0.1) is 0 Å². The summed E-state index contributed by atoms with van der Waals surface area (Å²) in [7, 11) is -3.76. The van der Waals surface area contributed by atoms with Crippen molar-refractivity contribution in [3.63, 3.8) is 0 Å². The summed E-state index contributed by atoms with van der Waals surface area (Å²) in [6, 6.07) is 6.72. The van der Waals surface area contributed by atoms with E-state index in [4.69, 9.17) is 16.3 Å². The van der Waals surface area contributed by atoms with Gasteiger partial charge in [-0.05, 0) is 30.2 Å². The van der Waals surface area contributed by atoms with Crippen LogP contribution in [-0.2, 0) is 10.0 Å². The van der Waals surface area contributed by atoms with Gasteiger partial charge in [0.25, 0.3) is 10.0 Å². The topological polar surface area (TPSA) is 81.2 Å². The third-order valence-corrected chi connectivity index (χ3v) is 4.00. The number of hydrogen-bond donors (Lipinski definition) is 1. The molecule has 0 radical (unpaired) electrons. The summed E-state index contributed by atoms with van der Waals surface area (Å²) in [5.74, 6) is 0.601. The molecule has 0 unspecified atom stereocenters. The molecule has 1 aromatic heterocycles. The molecule has 0 spiro atoms. The predicted octanol–water partition coefficient (Wildman–Crippen LogP) is 2.72. The molecule has 6 nitrogen and oxygen atoms in total. The van der Waals surface area contributed by atoms with Gasteiger partial charge in [0.2, 0.25) is 5.28 Å². The normalized spacial score (nSPS) is 11.1. The summed E-state index contributed by atoms with van der Waals surface area (Å²) in [4.78, 5) is 7.25. The summed E-state index contributed by atoms with van der Waals surface area (Å²) in [5.41, 5.74) is 0.401. The third-order valence-electron chi connectivity index (χ3n) is 2.47. The van der Waals surface area contributed by atoms with Gasteiger partial charge < -0.3 is 4.74 Å². The number of benzene rings is 1. The maximum absolute atomic E-state index is 12.2. The van der Waals surface area contributed by atoms with Crippen LogP contribution >= 0.6 is 11.6 Å². The van der Waals surface area contributed by atoms with Gasteiger partial charge in [0, 0.05) is 6.07 Å². The fourth-order valence-electron chi connectivity index (χ4n) is 1.52. The van der Waals surface area contributed by atoms with Crippen LogP contribution in [0.2, 0.25) is 5.28 Å². The van der Waals surface area contributed by atoms with Crippen LogP contribution in [0.3, 0.4) is 0 Å². The van der Waals surface area contributed by atoms with E-state index >= 15 is 0 Å². The van der Waals surface area contributed by atoms with E-state index < -0.39 is 10.0 Å². The molecular formula is C13H14ClN3O3S. The summed E-state index contributed by atoms with van der Waals surface area (Å²) < 4.78 is 32.2. The van der Waals surface area contributed by atoms with Crippen molar-refractivity contribution >= 4 is 27.3 Å². The molecule has 0 aliphatic rings. The number of rotatable bonds is 6. The Morgan fingerprint density at radius 3 is 2.67 bits per heavy atom. The maximum Gasteiger partial charge on any atom is 0.264 e. The van der Waals surface area contributed by atoms with Crippen LogP contribution in [-0.4, -0.2) is 25.0 Å². The molecule has 0 aliphatic heterocycles. The molecule has 2 aromatic rings. The van der Waals surface area contributed by atoms with Crippen molar-refractivity contribution in [1.82, 2.24) is 9.97 Å². The van der Waals surface area contributed by atoms with E-state index in [-0.39, 0.29) is 10.2 Å². The lowest BCUT2D eigenvalue weighted by atomic mass is 10.3. The van der Waals surface area contributed by atoms with E-state index in [0.717, 1.165) is 18.8 Å². The Morgan fingerprint density at radius 1 is 1.29 bits per heavy atom. The highest BCUT2D eigenvalue weighted by molar-refractivity contribution is 7.92. The van der Waals surface area contributed by atoms with Gasteiger partial charge in [0.05, 0.1) is 24.7 Å². The second-order valence-electron chi connectivity index (χ2n) is 4.17. The van der Waals surface area contributed by atoms with E-state index in [1.807, 2.05) is 6.92 Å². The van der Waals surface area contributed by atoms with Crippen LogP contribution in [0.5, 0.6) is 5.75 Å². The number of halogens is 1. The first-order valence-electron chi connectivity index (χ1n) is 6.24. The van der Waals surface area contributed by atoms with Gasteiger partial charge in [-0.1, -0.05) is 13.0 Å². The van der Waals surface area contributed by atoms with Crippen molar-refractivity contribution in [2.45, 2.75) is 18.2 Å².